The number of H-pyrrole nitrogens is 1. The summed E-state index contributed by atoms with van der Waals surface area (Å²) in [6.07, 6.45) is 0. The Bertz CT molecular complexity index is 1520. The van der Waals surface area contributed by atoms with Gasteiger partial charge in [0.2, 0.25) is 0 Å². The summed E-state index contributed by atoms with van der Waals surface area (Å²) < 4.78 is 1.67. The lowest BCUT2D eigenvalue weighted by molar-refractivity contribution is 0.632. The first-order chi connectivity index (χ1) is 15.1. The van der Waals surface area contributed by atoms with Crippen molar-refractivity contribution in [3.8, 4) is 10.4 Å². The standard InChI is InChI=1S/C22H18N4O2S3/c1-3-26-21(28)13-7-4-5-8-15(13)23-22(26)31-12(2)18-24-19(27)17-14(11-30-20(17)25-18)16-9-6-10-29-16/h4-12H,3H2,1-2H3,(H,24,25,27). The second-order valence-electron chi connectivity index (χ2n) is 6.98. The first kappa shape index (κ1) is 20.2. The number of hydrogen-bond acceptors (Lipinski definition) is 7. The molecule has 4 heterocycles. The quantitative estimate of drug-likeness (QED) is 0.281. The molecule has 1 atom stereocenters. The third kappa shape index (κ3) is 3.52. The van der Waals surface area contributed by atoms with Crippen molar-refractivity contribution < 1.29 is 0 Å². The minimum absolute atomic E-state index is 0.0569. The average molecular weight is 467 g/mol. The van der Waals surface area contributed by atoms with Crippen LogP contribution in [0.1, 0.15) is 24.9 Å². The molecular weight excluding hydrogens is 448 g/mol. The lowest BCUT2D eigenvalue weighted by Crippen LogP contribution is -2.23. The highest BCUT2D eigenvalue weighted by atomic mass is 32.2. The molecule has 0 aliphatic rings. The van der Waals surface area contributed by atoms with Crippen molar-refractivity contribution in [2.24, 2.45) is 0 Å². The van der Waals surface area contributed by atoms with E-state index in [-0.39, 0.29) is 16.4 Å². The van der Waals surface area contributed by atoms with E-state index in [2.05, 4.69) is 4.98 Å². The number of nitrogens with zero attached hydrogens (tertiary/aromatic N) is 3. The van der Waals surface area contributed by atoms with Crippen molar-refractivity contribution >= 4 is 55.6 Å². The number of fused-ring (bicyclic) bond motifs is 2. The molecule has 4 aromatic heterocycles. The summed E-state index contributed by atoms with van der Waals surface area (Å²) in [5, 5.41) is 5.65. The van der Waals surface area contributed by atoms with Gasteiger partial charge < -0.3 is 4.98 Å². The average Bonchev–Trinajstić information content (AvgIpc) is 3.44. The fourth-order valence-electron chi connectivity index (χ4n) is 3.50. The Morgan fingerprint density at radius 2 is 1.97 bits per heavy atom. The maximum atomic E-state index is 12.9. The summed E-state index contributed by atoms with van der Waals surface area (Å²) in [6, 6.07) is 11.3. The molecule has 1 aromatic carbocycles. The lowest BCUT2D eigenvalue weighted by Gasteiger charge is -2.15. The monoisotopic (exact) mass is 466 g/mol. The Morgan fingerprint density at radius 3 is 2.74 bits per heavy atom. The van der Waals surface area contributed by atoms with E-state index < -0.39 is 0 Å². The molecule has 0 spiro atoms. The highest BCUT2D eigenvalue weighted by molar-refractivity contribution is 7.99. The molecule has 5 aromatic rings. The van der Waals surface area contributed by atoms with Crippen molar-refractivity contribution in [2.75, 3.05) is 0 Å². The van der Waals surface area contributed by atoms with Crippen molar-refractivity contribution in [3.63, 3.8) is 0 Å². The van der Waals surface area contributed by atoms with Crippen LogP contribution in [-0.4, -0.2) is 19.5 Å². The van der Waals surface area contributed by atoms with Crippen LogP contribution in [0.25, 0.3) is 31.6 Å². The van der Waals surface area contributed by atoms with Crippen molar-refractivity contribution in [1.29, 1.82) is 0 Å². The minimum Gasteiger partial charge on any atom is -0.309 e. The van der Waals surface area contributed by atoms with Gasteiger partial charge in [-0.1, -0.05) is 30.0 Å². The van der Waals surface area contributed by atoms with Gasteiger partial charge in [-0.05, 0) is 37.4 Å². The molecule has 156 valence electrons. The number of aromatic amines is 1. The number of thiophene rings is 2. The van der Waals surface area contributed by atoms with Crippen LogP contribution in [0.5, 0.6) is 0 Å². The Morgan fingerprint density at radius 1 is 1.13 bits per heavy atom. The zero-order valence-electron chi connectivity index (χ0n) is 16.8. The zero-order chi connectivity index (χ0) is 21.5. The number of nitrogens with one attached hydrogen (secondary N) is 1. The van der Waals surface area contributed by atoms with Crippen molar-refractivity contribution in [1.82, 2.24) is 19.5 Å². The largest absolute Gasteiger partial charge is 0.309 e. The van der Waals surface area contributed by atoms with Gasteiger partial charge in [0.1, 0.15) is 10.7 Å². The third-order valence-corrected chi connectivity index (χ3v) is 7.93. The van der Waals surface area contributed by atoms with Crippen molar-refractivity contribution in [3.05, 3.63) is 73.7 Å². The predicted octanol–water partition coefficient (Wildman–Crippen LogP) is 5.30. The van der Waals surface area contributed by atoms with Gasteiger partial charge in [0.25, 0.3) is 11.1 Å². The molecule has 5 rings (SSSR count). The molecule has 1 unspecified atom stereocenters. The number of rotatable bonds is 5. The van der Waals surface area contributed by atoms with Gasteiger partial charge >= 0.3 is 0 Å². The number of aromatic nitrogens is 4. The van der Waals surface area contributed by atoms with E-state index in [9.17, 15) is 9.59 Å². The Balaban J connectivity index is 1.55. The van der Waals surface area contributed by atoms with Crippen LogP contribution in [0, 0.1) is 0 Å². The van der Waals surface area contributed by atoms with Crippen LogP contribution < -0.4 is 11.1 Å². The molecule has 0 bridgehead atoms. The van der Waals surface area contributed by atoms with E-state index in [4.69, 9.17) is 9.97 Å². The smallest absolute Gasteiger partial charge is 0.262 e. The number of thioether (sulfide) groups is 1. The zero-order valence-corrected chi connectivity index (χ0v) is 19.2. The second kappa shape index (κ2) is 8.07. The van der Waals surface area contributed by atoms with E-state index in [1.165, 1.54) is 23.1 Å². The van der Waals surface area contributed by atoms with Crippen LogP contribution >= 0.6 is 34.4 Å². The number of benzene rings is 1. The first-order valence-electron chi connectivity index (χ1n) is 9.78. The first-order valence-corrected chi connectivity index (χ1v) is 12.4. The van der Waals surface area contributed by atoms with E-state index in [0.29, 0.717) is 38.6 Å². The minimum atomic E-state index is -0.185. The van der Waals surface area contributed by atoms with Gasteiger partial charge in [-0.25, -0.2) is 9.97 Å². The molecule has 6 nitrogen and oxygen atoms in total. The predicted molar refractivity (Wildman–Crippen MR) is 130 cm³/mol. The lowest BCUT2D eigenvalue weighted by atomic mass is 10.2. The van der Waals surface area contributed by atoms with Crippen LogP contribution in [0.4, 0.5) is 0 Å². The Hall–Kier alpha value is -2.75. The molecule has 0 saturated heterocycles. The summed E-state index contributed by atoms with van der Waals surface area (Å²) in [4.78, 5) is 40.0. The van der Waals surface area contributed by atoms with E-state index in [1.54, 1.807) is 22.0 Å². The van der Waals surface area contributed by atoms with Crippen LogP contribution in [0.15, 0.2) is 61.9 Å². The van der Waals surface area contributed by atoms with Crippen molar-refractivity contribution in [2.45, 2.75) is 30.8 Å². The van der Waals surface area contributed by atoms with Gasteiger partial charge in [0.15, 0.2) is 5.16 Å². The summed E-state index contributed by atoms with van der Waals surface area (Å²) in [6.45, 7) is 4.41. The molecule has 0 fully saturated rings. The van der Waals surface area contributed by atoms with Gasteiger partial charge in [-0.15, -0.1) is 22.7 Å². The fraction of sp³-hybridized carbons (Fsp3) is 0.182. The molecule has 0 aliphatic carbocycles. The van der Waals surface area contributed by atoms with Crippen LogP contribution in [0.2, 0.25) is 0 Å². The summed E-state index contributed by atoms with van der Waals surface area (Å²) >= 11 is 4.50. The summed E-state index contributed by atoms with van der Waals surface area (Å²) in [5.41, 5.74) is 1.39. The molecule has 0 saturated carbocycles. The fourth-order valence-corrected chi connectivity index (χ4v) is 6.30. The maximum absolute atomic E-state index is 12.9. The SMILES string of the molecule is CCn1c(SC(C)c2nc3scc(-c4cccs4)c3c(=O)[nH]2)nc2ccccc2c1=O. The molecule has 31 heavy (non-hydrogen) atoms. The molecule has 0 aliphatic heterocycles. The highest BCUT2D eigenvalue weighted by Gasteiger charge is 2.19. The Kier molecular flexibility index (Phi) is 5.25. The number of hydrogen-bond donors (Lipinski definition) is 1. The van der Waals surface area contributed by atoms with E-state index in [0.717, 1.165) is 10.4 Å². The van der Waals surface area contributed by atoms with Gasteiger partial charge in [0.05, 0.1) is 21.5 Å². The Labute approximate surface area is 189 Å². The molecular formula is C22H18N4O2S3. The van der Waals surface area contributed by atoms with Gasteiger partial charge in [-0.3, -0.25) is 14.2 Å². The molecule has 0 amide bonds. The van der Waals surface area contributed by atoms with E-state index in [1.807, 2.05) is 54.9 Å². The second-order valence-corrected chi connectivity index (χ2v) is 10.1. The van der Waals surface area contributed by atoms with Crippen LogP contribution in [0.3, 0.4) is 0 Å². The summed E-state index contributed by atoms with van der Waals surface area (Å²) in [7, 11) is 0. The molecule has 0 radical (unpaired) electrons. The topological polar surface area (TPSA) is 80.6 Å². The van der Waals surface area contributed by atoms with Gasteiger partial charge in [0, 0.05) is 22.4 Å². The summed E-state index contributed by atoms with van der Waals surface area (Å²) in [5.74, 6) is 0.576. The maximum Gasteiger partial charge on any atom is 0.262 e. The number of para-hydroxylation sites is 1. The van der Waals surface area contributed by atoms with E-state index >= 15 is 0 Å². The van der Waals surface area contributed by atoms with Gasteiger partial charge in [-0.2, -0.15) is 0 Å². The normalized spacial score (nSPS) is 12.6. The van der Waals surface area contributed by atoms with Crippen LogP contribution in [-0.2, 0) is 6.54 Å². The molecule has 1 N–H and O–H groups in total. The third-order valence-electron chi connectivity index (χ3n) is 5.06. The highest BCUT2D eigenvalue weighted by Crippen LogP contribution is 2.36. The molecule has 9 heteroatoms.